The summed E-state index contributed by atoms with van der Waals surface area (Å²) < 4.78 is 0. The van der Waals surface area contributed by atoms with Crippen LogP contribution in [0.25, 0.3) is 0 Å². The summed E-state index contributed by atoms with van der Waals surface area (Å²) in [5.74, 6) is 0.574. The molecule has 0 aliphatic heterocycles. The van der Waals surface area contributed by atoms with Gasteiger partial charge in [-0.2, -0.15) is 0 Å². The molecule has 1 atom stereocenters. The summed E-state index contributed by atoms with van der Waals surface area (Å²) in [6.07, 6.45) is 9.15. The predicted octanol–water partition coefficient (Wildman–Crippen LogP) is 3.37. The Hall–Kier alpha value is -0.0400. The quantitative estimate of drug-likeness (QED) is 0.667. The van der Waals surface area contributed by atoms with E-state index in [4.69, 9.17) is 0 Å². The number of aliphatic hydroxyl groups excluding tert-OH is 1. The maximum atomic E-state index is 9.41. The van der Waals surface area contributed by atoms with Crippen LogP contribution < -0.4 is 0 Å². The van der Waals surface area contributed by atoms with Crippen LogP contribution in [0.2, 0.25) is 0 Å². The van der Waals surface area contributed by atoms with E-state index in [0.717, 1.165) is 0 Å². The lowest BCUT2D eigenvalue weighted by atomic mass is 9.68. The van der Waals surface area contributed by atoms with E-state index in [-0.39, 0.29) is 0 Å². The summed E-state index contributed by atoms with van der Waals surface area (Å²) in [6, 6.07) is 0. The van der Waals surface area contributed by atoms with Crippen molar-refractivity contribution in [1.29, 1.82) is 0 Å². The third kappa shape index (κ3) is 2.25. The Labute approximate surface area is 82.5 Å². The van der Waals surface area contributed by atoms with E-state index in [0.29, 0.717) is 17.9 Å². The summed E-state index contributed by atoms with van der Waals surface area (Å²) in [7, 11) is 0. The van der Waals surface area contributed by atoms with Crippen LogP contribution in [0.3, 0.4) is 0 Å². The molecular weight excluding hydrogens is 160 g/mol. The minimum absolute atomic E-state index is 0.404. The highest BCUT2D eigenvalue weighted by Crippen LogP contribution is 2.44. The highest BCUT2D eigenvalue weighted by Gasteiger charge is 2.35. The van der Waals surface area contributed by atoms with Gasteiger partial charge in [0.2, 0.25) is 0 Å². The van der Waals surface area contributed by atoms with Crippen LogP contribution in [0.5, 0.6) is 0 Å². The van der Waals surface area contributed by atoms with Gasteiger partial charge in [-0.05, 0) is 24.2 Å². The molecule has 0 spiro atoms. The van der Waals surface area contributed by atoms with Crippen molar-refractivity contribution in [2.45, 2.75) is 58.8 Å². The third-order valence-electron chi connectivity index (χ3n) is 4.22. The van der Waals surface area contributed by atoms with Crippen molar-refractivity contribution in [2.75, 3.05) is 6.61 Å². The molecule has 1 N–H and O–H groups in total. The smallest absolute Gasteiger partial charge is 0.0464 e. The number of hydrogen-bond donors (Lipinski definition) is 1. The van der Waals surface area contributed by atoms with Crippen LogP contribution in [0.15, 0.2) is 0 Å². The molecule has 1 nitrogen and oxygen atoms in total. The van der Waals surface area contributed by atoms with E-state index in [2.05, 4.69) is 13.8 Å². The zero-order valence-electron chi connectivity index (χ0n) is 9.18. The van der Waals surface area contributed by atoms with Crippen molar-refractivity contribution in [3.63, 3.8) is 0 Å². The van der Waals surface area contributed by atoms with E-state index in [1.807, 2.05) is 0 Å². The maximum absolute atomic E-state index is 9.41. The van der Waals surface area contributed by atoms with Crippen molar-refractivity contribution in [1.82, 2.24) is 0 Å². The molecule has 1 fully saturated rings. The third-order valence-corrected chi connectivity index (χ3v) is 4.22. The van der Waals surface area contributed by atoms with Crippen molar-refractivity contribution < 1.29 is 5.11 Å². The Morgan fingerprint density at radius 3 is 2.38 bits per heavy atom. The molecule has 1 aliphatic rings. The fourth-order valence-electron chi connectivity index (χ4n) is 3.02. The number of hydrogen-bond acceptors (Lipinski definition) is 1. The maximum Gasteiger partial charge on any atom is 0.0464 e. The second-order valence-electron chi connectivity index (χ2n) is 4.55. The summed E-state index contributed by atoms with van der Waals surface area (Å²) in [6.45, 7) is 4.98. The highest BCUT2D eigenvalue weighted by atomic mass is 16.3. The van der Waals surface area contributed by atoms with Gasteiger partial charge in [-0.1, -0.05) is 46.0 Å². The Morgan fingerprint density at radius 1 is 1.15 bits per heavy atom. The van der Waals surface area contributed by atoms with E-state index < -0.39 is 0 Å². The van der Waals surface area contributed by atoms with Crippen LogP contribution in [-0.4, -0.2) is 11.7 Å². The van der Waals surface area contributed by atoms with Crippen LogP contribution >= 0.6 is 0 Å². The molecule has 78 valence electrons. The predicted molar refractivity (Wildman–Crippen MR) is 56.7 cm³/mol. The summed E-state index contributed by atoms with van der Waals surface area (Å²) >= 11 is 0. The fraction of sp³-hybridized carbons (Fsp3) is 1.00. The zero-order valence-corrected chi connectivity index (χ0v) is 9.18. The first-order chi connectivity index (χ1) is 6.29. The first-order valence-electron chi connectivity index (χ1n) is 5.90. The topological polar surface area (TPSA) is 20.2 Å². The molecule has 0 saturated heterocycles. The Bertz CT molecular complexity index is 138. The van der Waals surface area contributed by atoms with Crippen LogP contribution in [0.1, 0.15) is 58.8 Å². The van der Waals surface area contributed by atoms with Gasteiger partial charge in [0.1, 0.15) is 0 Å². The van der Waals surface area contributed by atoms with E-state index in [9.17, 15) is 5.11 Å². The molecule has 0 aromatic heterocycles. The molecule has 1 rings (SSSR count). The first kappa shape index (κ1) is 11.0. The van der Waals surface area contributed by atoms with Gasteiger partial charge in [-0.3, -0.25) is 0 Å². The summed E-state index contributed by atoms with van der Waals surface area (Å²) in [5.41, 5.74) is 0.464. The Kier molecular flexibility index (Phi) is 4.24. The monoisotopic (exact) mass is 184 g/mol. The molecule has 1 heteroatoms. The fourth-order valence-corrected chi connectivity index (χ4v) is 3.02. The van der Waals surface area contributed by atoms with Crippen molar-refractivity contribution in [3.8, 4) is 0 Å². The van der Waals surface area contributed by atoms with Crippen molar-refractivity contribution >= 4 is 0 Å². The molecule has 1 aliphatic carbocycles. The van der Waals surface area contributed by atoms with Gasteiger partial charge in [0.25, 0.3) is 0 Å². The minimum atomic E-state index is 0.404. The minimum Gasteiger partial charge on any atom is -0.396 e. The van der Waals surface area contributed by atoms with Gasteiger partial charge in [0.05, 0.1) is 0 Å². The largest absolute Gasteiger partial charge is 0.396 e. The molecule has 0 radical (unpaired) electrons. The van der Waals surface area contributed by atoms with Crippen molar-refractivity contribution in [2.24, 2.45) is 11.3 Å². The van der Waals surface area contributed by atoms with E-state index >= 15 is 0 Å². The number of aliphatic hydroxyl groups is 1. The molecule has 0 amide bonds. The molecule has 0 bridgehead atoms. The number of rotatable bonds is 3. The lowest BCUT2D eigenvalue weighted by molar-refractivity contribution is 0.0700. The average molecular weight is 184 g/mol. The second-order valence-corrected chi connectivity index (χ2v) is 4.55. The van der Waals surface area contributed by atoms with Gasteiger partial charge >= 0.3 is 0 Å². The van der Waals surface area contributed by atoms with Crippen LogP contribution in [-0.2, 0) is 0 Å². The standard InChI is InChI=1S/C12H24O/c1-3-12(4-2)9-7-5-6-8-11(12)10-13/h11,13H,3-10H2,1-2H3. The first-order valence-corrected chi connectivity index (χ1v) is 5.90. The molecule has 0 aromatic carbocycles. The van der Waals surface area contributed by atoms with E-state index in [1.165, 1.54) is 44.9 Å². The van der Waals surface area contributed by atoms with E-state index in [1.54, 1.807) is 0 Å². The van der Waals surface area contributed by atoms with Gasteiger partial charge < -0.3 is 5.11 Å². The molecule has 0 aromatic rings. The Balaban J connectivity index is 2.72. The average Bonchev–Trinajstić information content (AvgIpc) is 2.39. The molecule has 0 heterocycles. The molecular formula is C12H24O. The molecule has 13 heavy (non-hydrogen) atoms. The van der Waals surface area contributed by atoms with Gasteiger partial charge in [-0.15, -0.1) is 0 Å². The van der Waals surface area contributed by atoms with Gasteiger partial charge in [-0.25, -0.2) is 0 Å². The lowest BCUT2D eigenvalue weighted by Gasteiger charge is -2.37. The normalized spacial score (nSPS) is 28.4. The van der Waals surface area contributed by atoms with Crippen LogP contribution in [0.4, 0.5) is 0 Å². The summed E-state index contributed by atoms with van der Waals surface area (Å²) in [5, 5.41) is 9.41. The van der Waals surface area contributed by atoms with Crippen LogP contribution in [0, 0.1) is 11.3 Å². The molecule has 1 unspecified atom stereocenters. The van der Waals surface area contributed by atoms with Crippen molar-refractivity contribution in [3.05, 3.63) is 0 Å². The summed E-state index contributed by atoms with van der Waals surface area (Å²) in [4.78, 5) is 0. The highest BCUT2D eigenvalue weighted by molar-refractivity contribution is 4.86. The zero-order chi connectivity index (χ0) is 9.73. The van der Waals surface area contributed by atoms with Gasteiger partial charge in [0.15, 0.2) is 0 Å². The molecule has 1 saturated carbocycles. The SMILES string of the molecule is CCC1(CC)CCCCCC1CO. The lowest BCUT2D eigenvalue weighted by Crippen LogP contribution is -2.31. The Morgan fingerprint density at radius 2 is 1.85 bits per heavy atom. The second kappa shape index (κ2) is 4.99. The van der Waals surface area contributed by atoms with Gasteiger partial charge in [0, 0.05) is 6.61 Å².